The summed E-state index contributed by atoms with van der Waals surface area (Å²) in [6.07, 6.45) is -0.553. The summed E-state index contributed by atoms with van der Waals surface area (Å²) >= 11 is 0. The zero-order valence-electron chi connectivity index (χ0n) is 10.9. The molecule has 0 saturated heterocycles. The lowest BCUT2D eigenvalue weighted by Gasteiger charge is -2.13. The van der Waals surface area contributed by atoms with Crippen LogP contribution in [-0.2, 0) is 16.6 Å². The normalized spacial score (nSPS) is 11.7. The number of nitriles is 1. The molecule has 0 fully saturated rings. The smallest absolute Gasteiger partial charge is 0.267 e. The highest BCUT2D eigenvalue weighted by molar-refractivity contribution is 5.81. The number of hydrogen-bond donors (Lipinski definition) is 2. The zero-order chi connectivity index (χ0) is 13.7. The molecule has 1 atom stereocenters. The Balaban J connectivity index is 2.70. The summed E-state index contributed by atoms with van der Waals surface area (Å²) in [5, 5.41) is 13.1. The standard InChI is InChI=1S/C11H17N5O2/c1-5-18-8(3)11(17)14-13-10-9(6-12)7(2)15-16(10)4/h8,13H,5H2,1-4H3,(H,14,17). The molecule has 18 heavy (non-hydrogen) atoms. The molecule has 98 valence electrons. The number of ether oxygens (including phenoxy) is 1. The molecule has 1 amide bonds. The molecule has 7 nitrogen and oxygen atoms in total. The minimum atomic E-state index is -0.553. The Bertz CT molecular complexity index is 475. The summed E-state index contributed by atoms with van der Waals surface area (Å²) in [7, 11) is 1.69. The van der Waals surface area contributed by atoms with Gasteiger partial charge in [0.05, 0.1) is 5.69 Å². The molecule has 1 aromatic heterocycles. The molecular weight excluding hydrogens is 234 g/mol. The van der Waals surface area contributed by atoms with Crippen molar-refractivity contribution in [3.8, 4) is 6.07 Å². The van der Waals surface area contributed by atoms with Gasteiger partial charge in [0.2, 0.25) is 0 Å². The first-order chi connectivity index (χ1) is 8.51. The summed E-state index contributed by atoms with van der Waals surface area (Å²) in [5.74, 6) is 0.145. The van der Waals surface area contributed by atoms with E-state index in [1.54, 1.807) is 20.9 Å². The van der Waals surface area contributed by atoms with Crippen molar-refractivity contribution < 1.29 is 9.53 Å². The van der Waals surface area contributed by atoms with Crippen LogP contribution in [0.3, 0.4) is 0 Å². The molecule has 0 spiro atoms. The number of aryl methyl sites for hydroxylation is 2. The van der Waals surface area contributed by atoms with Crippen LogP contribution >= 0.6 is 0 Å². The number of carbonyl (C=O) groups is 1. The Hall–Kier alpha value is -2.07. The first kappa shape index (κ1) is 14.0. The van der Waals surface area contributed by atoms with Gasteiger partial charge in [0.15, 0.2) is 5.82 Å². The number of nitrogens with zero attached hydrogens (tertiary/aromatic N) is 3. The van der Waals surface area contributed by atoms with Crippen LogP contribution in [0.4, 0.5) is 5.82 Å². The van der Waals surface area contributed by atoms with Gasteiger partial charge in [0.25, 0.3) is 5.91 Å². The predicted molar refractivity (Wildman–Crippen MR) is 65.5 cm³/mol. The maximum atomic E-state index is 11.6. The van der Waals surface area contributed by atoms with E-state index in [9.17, 15) is 4.79 Å². The largest absolute Gasteiger partial charge is 0.369 e. The highest BCUT2D eigenvalue weighted by Gasteiger charge is 2.16. The molecule has 7 heteroatoms. The molecule has 1 unspecified atom stereocenters. The van der Waals surface area contributed by atoms with Crippen molar-refractivity contribution in [2.75, 3.05) is 12.0 Å². The molecule has 0 aliphatic carbocycles. The first-order valence-corrected chi connectivity index (χ1v) is 5.62. The van der Waals surface area contributed by atoms with Crippen LogP contribution < -0.4 is 10.9 Å². The van der Waals surface area contributed by atoms with E-state index in [1.807, 2.05) is 13.0 Å². The first-order valence-electron chi connectivity index (χ1n) is 5.62. The zero-order valence-corrected chi connectivity index (χ0v) is 10.9. The number of carbonyl (C=O) groups excluding carboxylic acids is 1. The van der Waals surface area contributed by atoms with Crippen LogP contribution in [0.25, 0.3) is 0 Å². The van der Waals surface area contributed by atoms with Gasteiger partial charge in [-0.25, -0.2) is 0 Å². The Kier molecular flexibility index (Phi) is 4.68. The maximum absolute atomic E-state index is 11.6. The number of anilines is 1. The van der Waals surface area contributed by atoms with Gasteiger partial charge in [-0.15, -0.1) is 0 Å². The molecule has 0 aliphatic heterocycles. The van der Waals surface area contributed by atoms with Crippen molar-refractivity contribution in [1.29, 1.82) is 5.26 Å². The number of rotatable bonds is 5. The summed E-state index contributed by atoms with van der Waals surface area (Å²) in [4.78, 5) is 11.6. The number of hydrogen-bond acceptors (Lipinski definition) is 5. The fourth-order valence-corrected chi connectivity index (χ4v) is 1.48. The second kappa shape index (κ2) is 6.02. The summed E-state index contributed by atoms with van der Waals surface area (Å²) in [5.41, 5.74) is 6.19. The lowest BCUT2D eigenvalue weighted by molar-refractivity contribution is -0.130. The van der Waals surface area contributed by atoms with Gasteiger partial charge in [0, 0.05) is 13.7 Å². The third-order valence-electron chi connectivity index (χ3n) is 2.42. The quantitative estimate of drug-likeness (QED) is 0.742. The van der Waals surface area contributed by atoms with E-state index in [2.05, 4.69) is 16.0 Å². The SMILES string of the molecule is CCOC(C)C(=O)NNc1c(C#N)c(C)nn1C. The van der Waals surface area contributed by atoms with Gasteiger partial charge < -0.3 is 4.74 Å². The van der Waals surface area contributed by atoms with Crippen molar-refractivity contribution in [2.45, 2.75) is 26.9 Å². The molecule has 1 heterocycles. The van der Waals surface area contributed by atoms with E-state index in [0.29, 0.717) is 23.7 Å². The molecule has 2 N–H and O–H groups in total. The summed E-state index contributed by atoms with van der Waals surface area (Å²) in [6, 6.07) is 2.03. The Morgan fingerprint density at radius 2 is 2.33 bits per heavy atom. The fraction of sp³-hybridized carbons (Fsp3) is 0.545. The number of aromatic nitrogens is 2. The van der Waals surface area contributed by atoms with Crippen LogP contribution in [0.5, 0.6) is 0 Å². The molecule has 1 rings (SSSR count). The lowest BCUT2D eigenvalue weighted by atomic mass is 10.3. The number of amides is 1. The van der Waals surface area contributed by atoms with Crippen LogP contribution in [0, 0.1) is 18.3 Å². The molecule has 1 aromatic rings. The summed E-state index contributed by atoms with van der Waals surface area (Å²) < 4.78 is 6.64. The third-order valence-corrected chi connectivity index (χ3v) is 2.42. The number of hydrazine groups is 1. The van der Waals surface area contributed by atoms with E-state index in [4.69, 9.17) is 10.00 Å². The minimum Gasteiger partial charge on any atom is -0.369 e. The molecule has 0 bridgehead atoms. The minimum absolute atomic E-state index is 0.306. The van der Waals surface area contributed by atoms with Crippen molar-refractivity contribution >= 4 is 11.7 Å². The van der Waals surface area contributed by atoms with E-state index in [-0.39, 0.29) is 5.91 Å². The van der Waals surface area contributed by atoms with Gasteiger partial charge >= 0.3 is 0 Å². The monoisotopic (exact) mass is 251 g/mol. The van der Waals surface area contributed by atoms with Crippen LogP contribution in [-0.4, -0.2) is 28.4 Å². The predicted octanol–water partition coefficient (Wildman–Crippen LogP) is 0.468. The highest BCUT2D eigenvalue weighted by Crippen LogP contribution is 2.16. The topological polar surface area (TPSA) is 92.0 Å². The maximum Gasteiger partial charge on any atom is 0.267 e. The second-order valence-electron chi connectivity index (χ2n) is 3.76. The van der Waals surface area contributed by atoms with Crippen LogP contribution in [0.15, 0.2) is 0 Å². The van der Waals surface area contributed by atoms with Gasteiger partial charge in [-0.3, -0.25) is 20.3 Å². The van der Waals surface area contributed by atoms with Crippen molar-refractivity contribution in [2.24, 2.45) is 7.05 Å². The van der Waals surface area contributed by atoms with Gasteiger partial charge in [0.1, 0.15) is 17.7 Å². The van der Waals surface area contributed by atoms with E-state index in [0.717, 1.165) is 0 Å². The van der Waals surface area contributed by atoms with Crippen molar-refractivity contribution in [3.63, 3.8) is 0 Å². The van der Waals surface area contributed by atoms with Crippen molar-refractivity contribution in [1.82, 2.24) is 15.2 Å². The highest BCUT2D eigenvalue weighted by atomic mass is 16.5. The van der Waals surface area contributed by atoms with Crippen LogP contribution in [0.2, 0.25) is 0 Å². The third kappa shape index (κ3) is 2.99. The molecule has 0 radical (unpaired) electrons. The van der Waals surface area contributed by atoms with Gasteiger partial charge in [-0.2, -0.15) is 10.4 Å². The van der Waals surface area contributed by atoms with Crippen molar-refractivity contribution in [3.05, 3.63) is 11.3 Å². The Morgan fingerprint density at radius 1 is 1.67 bits per heavy atom. The van der Waals surface area contributed by atoms with Gasteiger partial charge in [-0.05, 0) is 20.8 Å². The Morgan fingerprint density at radius 3 is 2.89 bits per heavy atom. The average molecular weight is 251 g/mol. The molecule has 0 saturated carbocycles. The Labute approximate surface area is 106 Å². The second-order valence-corrected chi connectivity index (χ2v) is 3.76. The van der Waals surface area contributed by atoms with E-state index in [1.165, 1.54) is 4.68 Å². The molecule has 0 aliphatic rings. The fourth-order valence-electron chi connectivity index (χ4n) is 1.48. The van der Waals surface area contributed by atoms with Crippen LogP contribution in [0.1, 0.15) is 25.1 Å². The number of nitrogens with one attached hydrogen (secondary N) is 2. The average Bonchev–Trinajstić information content (AvgIpc) is 2.60. The molecule has 0 aromatic carbocycles. The van der Waals surface area contributed by atoms with E-state index >= 15 is 0 Å². The lowest BCUT2D eigenvalue weighted by Crippen LogP contribution is -2.38. The van der Waals surface area contributed by atoms with Gasteiger partial charge in [-0.1, -0.05) is 0 Å². The molecular formula is C11H17N5O2. The van der Waals surface area contributed by atoms with E-state index < -0.39 is 6.10 Å². The summed E-state index contributed by atoms with van der Waals surface area (Å²) in [6.45, 7) is 5.66.